The molecule has 0 bridgehead atoms. The van der Waals surface area contributed by atoms with Crippen molar-refractivity contribution in [1.82, 2.24) is 4.90 Å². The van der Waals surface area contributed by atoms with Gasteiger partial charge in [-0.3, -0.25) is 9.69 Å². The first kappa shape index (κ1) is 11.0. The summed E-state index contributed by atoms with van der Waals surface area (Å²) in [5, 5.41) is 8.79. The molecule has 14 heavy (non-hydrogen) atoms. The van der Waals surface area contributed by atoms with E-state index < -0.39 is 0 Å². The lowest BCUT2D eigenvalue weighted by molar-refractivity contribution is -0.124. The number of nitrogens with two attached hydrogens (primary N) is 1. The maximum absolute atomic E-state index is 11.2. The molecule has 0 aliphatic carbocycles. The van der Waals surface area contributed by atoms with Crippen LogP contribution in [0.15, 0.2) is 0 Å². The molecule has 1 heterocycles. The van der Waals surface area contributed by atoms with E-state index in [0.717, 1.165) is 25.9 Å². The fourth-order valence-electron chi connectivity index (χ4n) is 1.98. The van der Waals surface area contributed by atoms with Gasteiger partial charge in [-0.15, -0.1) is 0 Å². The third-order valence-electron chi connectivity index (χ3n) is 2.74. The van der Waals surface area contributed by atoms with Gasteiger partial charge in [0.2, 0.25) is 5.91 Å². The highest BCUT2D eigenvalue weighted by molar-refractivity contribution is 5.80. The van der Waals surface area contributed by atoms with Gasteiger partial charge >= 0.3 is 0 Å². The van der Waals surface area contributed by atoms with Crippen molar-refractivity contribution in [3.8, 4) is 6.07 Å². The van der Waals surface area contributed by atoms with Crippen molar-refractivity contribution in [3.63, 3.8) is 0 Å². The molecule has 1 aliphatic heterocycles. The molecule has 1 rings (SSSR count). The van der Waals surface area contributed by atoms with E-state index in [0.29, 0.717) is 6.42 Å². The Kier molecular flexibility index (Phi) is 3.90. The van der Waals surface area contributed by atoms with Crippen LogP contribution in [-0.4, -0.2) is 29.9 Å². The Balaban J connectivity index is 2.61. The van der Waals surface area contributed by atoms with Gasteiger partial charge < -0.3 is 5.73 Å². The zero-order valence-electron chi connectivity index (χ0n) is 8.57. The number of primary amides is 1. The normalized spacial score (nSPS) is 28.3. The third kappa shape index (κ3) is 2.46. The van der Waals surface area contributed by atoms with Crippen LogP contribution >= 0.6 is 0 Å². The topological polar surface area (TPSA) is 70.1 Å². The molecule has 2 N–H and O–H groups in total. The van der Waals surface area contributed by atoms with Crippen molar-refractivity contribution in [2.45, 2.75) is 32.2 Å². The van der Waals surface area contributed by atoms with Crippen LogP contribution in [-0.2, 0) is 4.79 Å². The van der Waals surface area contributed by atoms with Crippen LogP contribution in [0.4, 0.5) is 0 Å². The minimum atomic E-state index is -0.293. The van der Waals surface area contributed by atoms with Crippen molar-refractivity contribution in [1.29, 1.82) is 5.26 Å². The first-order valence-corrected chi connectivity index (χ1v) is 5.12. The van der Waals surface area contributed by atoms with Crippen LogP contribution in [0.3, 0.4) is 0 Å². The number of nitriles is 1. The van der Waals surface area contributed by atoms with Gasteiger partial charge in [0.25, 0.3) is 0 Å². The summed E-state index contributed by atoms with van der Waals surface area (Å²) in [7, 11) is 0. The Morgan fingerprint density at radius 1 is 1.71 bits per heavy atom. The second kappa shape index (κ2) is 4.97. The maximum atomic E-state index is 11.2. The number of amides is 1. The van der Waals surface area contributed by atoms with Gasteiger partial charge in [0.1, 0.15) is 0 Å². The number of carbonyl (C=O) groups is 1. The quantitative estimate of drug-likeness (QED) is 0.712. The summed E-state index contributed by atoms with van der Waals surface area (Å²) in [5.74, 6) is -0.293. The van der Waals surface area contributed by atoms with E-state index in [1.165, 1.54) is 0 Å². The van der Waals surface area contributed by atoms with Crippen LogP contribution in [0.25, 0.3) is 0 Å². The highest BCUT2D eigenvalue weighted by Gasteiger charge is 2.31. The summed E-state index contributed by atoms with van der Waals surface area (Å²) in [6, 6.07) is 1.99. The fraction of sp³-hybridized carbons (Fsp3) is 0.800. The molecule has 0 aromatic carbocycles. The highest BCUT2D eigenvalue weighted by atomic mass is 16.1. The molecular weight excluding hydrogens is 178 g/mol. The second-order valence-corrected chi connectivity index (χ2v) is 3.80. The number of nitrogens with zero attached hydrogens (tertiary/aromatic N) is 2. The van der Waals surface area contributed by atoms with Crippen LogP contribution in [0.1, 0.15) is 26.2 Å². The Labute approximate surface area is 84.7 Å². The van der Waals surface area contributed by atoms with E-state index in [-0.39, 0.29) is 17.9 Å². The number of carbonyl (C=O) groups excluding carboxylic acids is 1. The molecule has 0 aromatic rings. The van der Waals surface area contributed by atoms with Gasteiger partial charge in [-0.05, 0) is 25.8 Å². The predicted molar refractivity (Wildman–Crippen MR) is 53.2 cm³/mol. The number of likely N-dealkylation sites (tertiary alicyclic amines) is 1. The van der Waals surface area contributed by atoms with E-state index in [4.69, 9.17) is 11.0 Å². The van der Waals surface area contributed by atoms with Crippen LogP contribution in [0.5, 0.6) is 0 Å². The minimum absolute atomic E-state index is 0.000561. The number of hydrogen-bond donors (Lipinski definition) is 1. The summed E-state index contributed by atoms with van der Waals surface area (Å²) >= 11 is 0. The first-order valence-electron chi connectivity index (χ1n) is 5.12. The average Bonchev–Trinajstić information content (AvgIpc) is 2.18. The zero-order chi connectivity index (χ0) is 10.6. The lowest BCUT2D eigenvalue weighted by Gasteiger charge is -2.35. The summed E-state index contributed by atoms with van der Waals surface area (Å²) in [6.45, 7) is 3.79. The lowest BCUT2D eigenvalue weighted by Crippen LogP contribution is -2.49. The minimum Gasteiger partial charge on any atom is -0.368 e. The van der Waals surface area contributed by atoms with Gasteiger partial charge in [-0.2, -0.15) is 5.26 Å². The standard InChI is InChI=1S/C10H17N3O/c1-2-4-13-5-3-8(7-11)6-9(13)10(12)14/h8-9H,2-6H2,1H3,(H2,12,14). The predicted octanol–water partition coefficient (Wildman–Crippen LogP) is 0.486. The van der Waals surface area contributed by atoms with E-state index >= 15 is 0 Å². The van der Waals surface area contributed by atoms with Crippen molar-refractivity contribution in [2.75, 3.05) is 13.1 Å². The Hall–Kier alpha value is -1.08. The van der Waals surface area contributed by atoms with Crippen molar-refractivity contribution < 1.29 is 4.79 Å². The SMILES string of the molecule is CCCN1CCC(C#N)CC1C(N)=O. The number of rotatable bonds is 3. The molecule has 0 spiro atoms. The van der Waals surface area contributed by atoms with E-state index in [1.807, 2.05) is 0 Å². The van der Waals surface area contributed by atoms with Crippen LogP contribution in [0.2, 0.25) is 0 Å². The monoisotopic (exact) mass is 195 g/mol. The zero-order valence-corrected chi connectivity index (χ0v) is 8.57. The van der Waals surface area contributed by atoms with Crippen molar-refractivity contribution in [3.05, 3.63) is 0 Å². The van der Waals surface area contributed by atoms with Gasteiger partial charge in [-0.25, -0.2) is 0 Å². The van der Waals surface area contributed by atoms with E-state index in [1.54, 1.807) is 0 Å². The highest BCUT2D eigenvalue weighted by Crippen LogP contribution is 2.22. The molecule has 0 saturated carbocycles. The molecule has 1 saturated heterocycles. The molecule has 0 radical (unpaired) electrons. The molecule has 0 aromatic heterocycles. The molecule has 1 fully saturated rings. The van der Waals surface area contributed by atoms with E-state index in [9.17, 15) is 4.79 Å². The molecule has 2 unspecified atom stereocenters. The Morgan fingerprint density at radius 3 is 2.93 bits per heavy atom. The fourth-order valence-corrected chi connectivity index (χ4v) is 1.98. The number of piperidine rings is 1. The molecule has 4 nitrogen and oxygen atoms in total. The van der Waals surface area contributed by atoms with Crippen LogP contribution < -0.4 is 5.73 Å². The maximum Gasteiger partial charge on any atom is 0.234 e. The first-order chi connectivity index (χ1) is 6.69. The van der Waals surface area contributed by atoms with E-state index in [2.05, 4.69) is 17.9 Å². The van der Waals surface area contributed by atoms with Gasteiger partial charge in [0.05, 0.1) is 12.1 Å². The third-order valence-corrected chi connectivity index (χ3v) is 2.74. The van der Waals surface area contributed by atoms with Gasteiger partial charge in [0.15, 0.2) is 0 Å². The summed E-state index contributed by atoms with van der Waals surface area (Å²) in [4.78, 5) is 13.3. The Morgan fingerprint density at radius 2 is 2.43 bits per heavy atom. The average molecular weight is 195 g/mol. The van der Waals surface area contributed by atoms with Crippen LogP contribution in [0, 0.1) is 17.2 Å². The van der Waals surface area contributed by atoms with Crippen molar-refractivity contribution >= 4 is 5.91 Å². The molecule has 4 heteroatoms. The lowest BCUT2D eigenvalue weighted by atomic mass is 9.91. The summed E-state index contributed by atoms with van der Waals surface area (Å²) in [5.41, 5.74) is 5.31. The molecule has 2 atom stereocenters. The Bertz CT molecular complexity index is 246. The summed E-state index contributed by atoms with van der Waals surface area (Å²) in [6.07, 6.45) is 2.48. The molecular formula is C10H17N3O. The van der Waals surface area contributed by atoms with Gasteiger partial charge in [0, 0.05) is 12.5 Å². The summed E-state index contributed by atoms with van der Waals surface area (Å²) < 4.78 is 0. The number of hydrogen-bond acceptors (Lipinski definition) is 3. The largest absolute Gasteiger partial charge is 0.368 e. The molecule has 1 amide bonds. The van der Waals surface area contributed by atoms with Crippen molar-refractivity contribution in [2.24, 2.45) is 11.7 Å². The molecule has 78 valence electrons. The molecule has 1 aliphatic rings. The smallest absolute Gasteiger partial charge is 0.234 e. The second-order valence-electron chi connectivity index (χ2n) is 3.80. The van der Waals surface area contributed by atoms with Gasteiger partial charge in [-0.1, -0.05) is 6.92 Å².